The molecule has 0 aromatic heterocycles. The highest BCUT2D eigenvalue weighted by atomic mass is 79.9. The van der Waals surface area contributed by atoms with Crippen molar-refractivity contribution in [1.82, 2.24) is 15.1 Å². The topological polar surface area (TPSA) is 95.9 Å². The Labute approximate surface area is 440 Å². The van der Waals surface area contributed by atoms with E-state index in [0.29, 0.717) is 51.1 Å². The van der Waals surface area contributed by atoms with Crippen molar-refractivity contribution in [2.75, 3.05) is 77.5 Å². The van der Waals surface area contributed by atoms with Gasteiger partial charge in [-0.05, 0) is 119 Å². The lowest BCUT2D eigenvalue weighted by Gasteiger charge is -2.27. The van der Waals surface area contributed by atoms with Crippen LogP contribution in [0.4, 0.5) is 43.9 Å². The van der Waals surface area contributed by atoms with Crippen molar-refractivity contribution >= 4 is 28.3 Å². The summed E-state index contributed by atoms with van der Waals surface area (Å²) in [6.45, 7) is 13.4. The highest BCUT2D eigenvalue weighted by Crippen LogP contribution is 2.34. The number of aliphatic hydroxyl groups is 2. The summed E-state index contributed by atoms with van der Waals surface area (Å²) in [6, 6.07) is 20.6. The molecular weight excluding hydrogens is 1080 g/mol. The second kappa shape index (κ2) is 30.0. The smallest absolute Gasteiger partial charge is 0.416 e. The highest BCUT2D eigenvalue weighted by Gasteiger charge is 2.37. The summed E-state index contributed by atoms with van der Waals surface area (Å²) in [4.78, 5) is 4.04. The summed E-state index contributed by atoms with van der Waals surface area (Å²) in [5.74, 6) is -3.61. The normalized spacial score (nSPS) is 20.2. The Morgan fingerprint density at radius 2 is 1.08 bits per heavy atom. The minimum atomic E-state index is -4.43. The maximum absolute atomic E-state index is 13.5. The fourth-order valence-electron chi connectivity index (χ4n) is 7.44. The van der Waals surface area contributed by atoms with Crippen molar-refractivity contribution in [2.45, 2.75) is 69.9 Å². The van der Waals surface area contributed by atoms with Gasteiger partial charge in [0.1, 0.15) is 47.8 Å². The molecule has 3 fully saturated rings. The van der Waals surface area contributed by atoms with Crippen LogP contribution >= 0.6 is 28.3 Å². The van der Waals surface area contributed by atoms with Crippen molar-refractivity contribution in [2.24, 2.45) is 0 Å². The fraction of sp³-hybridized carbons (Fsp3) is 0.434. The first kappa shape index (κ1) is 63.5. The molecule has 9 nitrogen and oxygen atoms in total. The number of halogens is 12. The van der Waals surface area contributed by atoms with E-state index in [-0.39, 0.29) is 54.4 Å². The molecule has 0 radical (unpaired) electrons. The molecule has 74 heavy (non-hydrogen) atoms. The van der Waals surface area contributed by atoms with Crippen LogP contribution in [0.2, 0.25) is 0 Å². The number of aryl methyl sites for hydroxylation is 1. The van der Waals surface area contributed by atoms with E-state index in [1.54, 1.807) is 13.0 Å². The van der Waals surface area contributed by atoms with Crippen LogP contribution < -0.4 is 24.3 Å². The molecule has 3 unspecified atom stereocenters. The maximum Gasteiger partial charge on any atom is 0.416 e. The zero-order valence-corrected chi connectivity index (χ0v) is 43.8. The predicted molar refractivity (Wildman–Crippen MR) is 269 cm³/mol. The van der Waals surface area contributed by atoms with E-state index in [1.807, 2.05) is 36.6 Å². The van der Waals surface area contributed by atoms with Crippen molar-refractivity contribution in [3.63, 3.8) is 0 Å². The van der Waals surface area contributed by atoms with Gasteiger partial charge in [-0.25, -0.2) is 30.7 Å². The van der Waals surface area contributed by atoms with Crippen LogP contribution in [0.25, 0.3) is 0 Å². The SMILES string of the molecule is CC1(O)CCN(CCOc2cc(F)ccc2F)C1.CC1(O)CCNC1.CC1(Oc2cccc(C(F)(F)F)c2)CCN(CCOc2cc(F)ccc2F)C1.Cc1cccc(F)c1.Cl.Fc1ccc(F)c(OCCBr)c1. The summed E-state index contributed by atoms with van der Waals surface area (Å²) in [7, 11) is 0. The number of hydrogen-bond donors (Lipinski definition) is 3. The van der Waals surface area contributed by atoms with Crippen LogP contribution in [-0.4, -0.2) is 114 Å². The molecule has 3 aliphatic rings. The third kappa shape index (κ3) is 23.4. The Morgan fingerprint density at radius 3 is 1.49 bits per heavy atom. The predicted octanol–water partition coefficient (Wildman–Crippen LogP) is 11.7. The van der Waals surface area contributed by atoms with Crippen LogP contribution in [0.3, 0.4) is 0 Å². The van der Waals surface area contributed by atoms with Crippen LogP contribution in [0.1, 0.15) is 51.2 Å². The van der Waals surface area contributed by atoms with Gasteiger partial charge in [-0.15, -0.1) is 12.4 Å². The standard InChI is InChI=1S/C20H20F5NO2.C13H17F2NO2.C8H7BrF2O.C7H7F.C5H11NO.ClH/c1-19(28-16-4-2-3-14(11-16)20(23,24)25)7-8-26(13-19)9-10-27-18-12-15(21)5-6-17(18)22;1-13(17)4-5-16(9-13)6-7-18-12-8-10(14)2-3-11(12)15;9-3-4-12-8-5-6(10)1-2-7(8)11;1-6-3-2-4-7(8)5-6;1-5(7)2-3-6-4-5;/h2-6,11-12H,7-10,13H2,1H3;2-3,8,17H,4-7,9H2,1H3;1-2,5H,3-4H2;2-5H,1H3;6-7H,2-4H2,1H3;1H. The van der Waals surface area contributed by atoms with Crippen LogP contribution in [0, 0.1) is 47.6 Å². The molecule has 5 aromatic rings. The van der Waals surface area contributed by atoms with Gasteiger partial charge >= 0.3 is 6.18 Å². The number of ether oxygens (including phenoxy) is 4. The molecule has 8 rings (SSSR count). The quantitative estimate of drug-likeness (QED) is 0.0787. The Morgan fingerprint density at radius 1 is 0.595 bits per heavy atom. The summed E-state index contributed by atoms with van der Waals surface area (Å²) >= 11 is 3.11. The number of likely N-dealkylation sites (tertiary alicyclic amines) is 2. The van der Waals surface area contributed by atoms with Gasteiger partial charge in [0.15, 0.2) is 34.7 Å². The number of benzene rings is 5. The van der Waals surface area contributed by atoms with E-state index < -0.39 is 63.4 Å². The summed E-state index contributed by atoms with van der Waals surface area (Å²) < 4.78 is 150. The molecule has 0 saturated carbocycles. The minimum absolute atomic E-state index is 0. The first-order chi connectivity index (χ1) is 34.3. The highest BCUT2D eigenvalue weighted by molar-refractivity contribution is 9.09. The first-order valence-electron chi connectivity index (χ1n) is 23.3. The van der Waals surface area contributed by atoms with E-state index in [9.17, 15) is 49.0 Å². The van der Waals surface area contributed by atoms with Crippen molar-refractivity contribution in [3.8, 4) is 23.0 Å². The summed E-state index contributed by atoms with van der Waals surface area (Å²) in [5, 5.41) is 22.6. The number of β-amino-alcohol motifs (C(OH)–C–C–N with tert-alkyl or cyclic N) is 2. The summed E-state index contributed by atoms with van der Waals surface area (Å²) in [6.07, 6.45) is -2.18. The lowest BCUT2D eigenvalue weighted by atomic mass is 10.1. The molecule has 0 spiro atoms. The number of hydrogen-bond acceptors (Lipinski definition) is 9. The Bertz CT molecular complexity index is 2450. The largest absolute Gasteiger partial charge is 0.490 e. The van der Waals surface area contributed by atoms with Gasteiger partial charge in [-0.2, -0.15) is 13.2 Å². The van der Waals surface area contributed by atoms with Crippen LogP contribution in [-0.2, 0) is 6.18 Å². The van der Waals surface area contributed by atoms with Crippen molar-refractivity contribution < 1.29 is 73.1 Å². The van der Waals surface area contributed by atoms with E-state index in [0.717, 1.165) is 105 Å². The van der Waals surface area contributed by atoms with Gasteiger partial charge in [0.05, 0.1) is 23.4 Å². The van der Waals surface area contributed by atoms with Gasteiger partial charge in [0.2, 0.25) is 0 Å². The lowest BCUT2D eigenvalue weighted by molar-refractivity contribution is -0.137. The van der Waals surface area contributed by atoms with Crippen LogP contribution in [0.5, 0.6) is 23.0 Å². The average Bonchev–Trinajstić information content (AvgIpc) is 4.02. The number of nitrogens with zero attached hydrogens (tertiary/aromatic N) is 2. The molecule has 0 aliphatic carbocycles. The molecule has 3 saturated heterocycles. The molecule has 5 aromatic carbocycles. The van der Waals surface area contributed by atoms with Gasteiger partial charge < -0.3 is 34.5 Å². The molecule has 21 heteroatoms. The number of nitrogens with one attached hydrogen (secondary N) is 1. The number of alkyl halides is 4. The Kier molecular flexibility index (Phi) is 25.8. The van der Waals surface area contributed by atoms with Gasteiger partial charge in [-0.1, -0.05) is 34.1 Å². The van der Waals surface area contributed by atoms with Crippen molar-refractivity contribution in [1.29, 1.82) is 0 Å². The van der Waals surface area contributed by atoms with E-state index >= 15 is 0 Å². The van der Waals surface area contributed by atoms with E-state index in [4.69, 9.17) is 24.1 Å². The fourth-order valence-corrected chi connectivity index (χ4v) is 7.60. The third-order valence-corrected chi connectivity index (χ3v) is 11.6. The zero-order valence-electron chi connectivity index (χ0n) is 41.4. The molecule has 3 N–H and O–H groups in total. The maximum atomic E-state index is 13.5. The minimum Gasteiger partial charge on any atom is -0.490 e. The summed E-state index contributed by atoms with van der Waals surface area (Å²) in [5.41, 5.74) is -1.50. The monoisotopic (exact) mass is 1140 g/mol. The van der Waals surface area contributed by atoms with Crippen LogP contribution in [0.15, 0.2) is 103 Å². The van der Waals surface area contributed by atoms with Crippen molar-refractivity contribution in [3.05, 3.63) is 155 Å². The average molecular weight is 1140 g/mol. The van der Waals surface area contributed by atoms with Gasteiger partial charge in [0.25, 0.3) is 0 Å². The number of rotatable bonds is 13. The molecular formula is C53H63BrClF10N3O6. The Hall–Kier alpha value is -4.83. The molecule has 0 bridgehead atoms. The molecule has 3 atom stereocenters. The second-order valence-electron chi connectivity index (χ2n) is 18.3. The molecule has 410 valence electrons. The molecule has 3 aliphatic heterocycles. The lowest BCUT2D eigenvalue weighted by Crippen LogP contribution is -2.37. The molecule has 0 amide bonds. The van der Waals surface area contributed by atoms with E-state index in [2.05, 4.69) is 21.2 Å². The van der Waals surface area contributed by atoms with Gasteiger partial charge in [-0.3, -0.25) is 9.80 Å². The Balaban J connectivity index is 0.000000268. The third-order valence-electron chi connectivity index (χ3n) is 11.2. The van der Waals surface area contributed by atoms with E-state index in [1.165, 1.54) is 24.3 Å². The first-order valence-corrected chi connectivity index (χ1v) is 24.4. The van der Waals surface area contributed by atoms with Gasteiger partial charge in [0, 0.05) is 75.8 Å². The second-order valence-corrected chi connectivity index (χ2v) is 19.1. The molecule has 3 heterocycles. The zero-order chi connectivity index (χ0) is 53.8.